The normalized spacial score (nSPS) is 12.7. The lowest BCUT2D eigenvalue weighted by Crippen LogP contribution is -2.26. The Balaban J connectivity index is 1.65. The molecule has 0 spiro atoms. The molecule has 0 radical (unpaired) electrons. The quantitative estimate of drug-likeness (QED) is 0.229. The number of aromatic nitrogens is 6. The van der Waals surface area contributed by atoms with Gasteiger partial charge < -0.3 is 9.13 Å². The summed E-state index contributed by atoms with van der Waals surface area (Å²) in [5.74, 6) is -0.289. The Hall–Kier alpha value is -4.74. The fraction of sp³-hybridized carbons (Fsp3) is 0.323. The molecule has 5 rings (SSSR count). The van der Waals surface area contributed by atoms with Gasteiger partial charge in [-0.15, -0.1) is 0 Å². The summed E-state index contributed by atoms with van der Waals surface area (Å²) in [6.45, 7) is 11.0. The number of nitrogens with one attached hydrogen (secondary N) is 2. The first-order valence-electron chi connectivity index (χ1n) is 14.0. The number of tetrazole rings is 1. The summed E-state index contributed by atoms with van der Waals surface area (Å²) in [5, 5.41) is 15.5. The van der Waals surface area contributed by atoms with E-state index in [1.807, 2.05) is 47.2 Å². The molecule has 224 valence electrons. The van der Waals surface area contributed by atoms with Crippen molar-refractivity contribution in [1.82, 2.24) is 29.8 Å². The molecule has 1 amide bonds. The standard InChI is InChI=1S/C31H33F3N8O/c1-6-20-16-23(31(32,33)34)17-25-26(20)41(7-2)29(35-24-14-12-22(13-15-24)30(3,4)5)42(25)18-19-8-10-21(11-9-19)27(43)36-28-37-39-40-38-28/h8-17H,6-7,18H2,1-5H3,(H2,36,37,38,39,40,43)/b35-29+. The van der Waals surface area contributed by atoms with Crippen LogP contribution in [0.4, 0.5) is 24.8 Å². The number of fused-ring (bicyclic) bond motifs is 1. The van der Waals surface area contributed by atoms with Crippen LogP contribution < -0.4 is 10.9 Å². The number of carbonyl (C=O) groups excluding carboxylic acids is 1. The number of aromatic amines is 1. The van der Waals surface area contributed by atoms with Crippen LogP contribution in [0.1, 0.15) is 67.2 Å². The number of aryl methyl sites for hydroxylation is 2. The van der Waals surface area contributed by atoms with Crippen LogP contribution >= 0.6 is 0 Å². The molecule has 0 fully saturated rings. The number of rotatable bonds is 7. The van der Waals surface area contributed by atoms with Crippen LogP contribution in [0.25, 0.3) is 11.0 Å². The van der Waals surface area contributed by atoms with Gasteiger partial charge >= 0.3 is 6.18 Å². The summed E-state index contributed by atoms with van der Waals surface area (Å²) in [6.07, 6.45) is -4.08. The predicted octanol–water partition coefficient (Wildman–Crippen LogP) is 6.39. The monoisotopic (exact) mass is 590 g/mol. The lowest BCUT2D eigenvalue weighted by molar-refractivity contribution is -0.137. The van der Waals surface area contributed by atoms with E-state index in [0.717, 1.165) is 16.6 Å². The van der Waals surface area contributed by atoms with Crippen LogP contribution in [0.15, 0.2) is 65.7 Å². The second kappa shape index (κ2) is 11.5. The third kappa shape index (κ3) is 6.23. The maximum atomic E-state index is 14.0. The second-order valence-electron chi connectivity index (χ2n) is 11.3. The minimum Gasteiger partial charge on any atom is -0.310 e. The van der Waals surface area contributed by atoms with Crippen molar-refractivity contribution in [2.45, 2.75) is 65.7 Å². The summed E-state index contributed by atoms with van der Waals surface area (Å²) < 4.78 is 45.9. The molecular formula is C31H33F3N8O. The predicted molar refractivity (Wildman–Crippen MR) is 158 cm³/mol. The number of halogens is 3. The summed E-state index contributed by atoms with van der Waals surface area (Å²) in [4.78, 5) is 17.6. The zero-order chi connectivity index (χ0) is 30.9. The molecule has 0 aliphatic carbocycles. The van der Waals surface area contributed by atoms with Crippen LogP contribution in [0.3, 0.4) is 0 Å². The average molecular weight is 591 g/mol. The first-order chi connectivity index (χ1) is 20.4. The molecule has 0 bridgehead atoms. The Morgan fingerprint density at radius 3 is 2.21 bits per heavy atom. The molecule has 0 saturated heterocycles. The fourth-order valence-corrected chi connectivity index (χ4v) is 5.05. The number of amides is 1. The van der Waals surface area contributed by atoms with Crippen LogP contribution in [0, 0.1) is 0 Å². The van der Waals surface area contributed by atoms with Crippen LogP contribution in [-0.2, 0) is 31.1 Å². The van der Waals surface area contributed by atoms with E-state index in [9.17, 15) is 18.0 Å². The average Bonchev–Trinajstić information content (AvgIpc) is 3.58. The van der Waals surface area contributed by atoms with Gasteiger partial charge in [-0.2, -0.15) is 13.2 Å². The summed E-state index contributed by atoms with van der Waals surface area (Å²) >= 11 is 0. The molecule has 9 nitrogen and oxygen atoms in total. The Morgan fingerprint density at radius 1 is 0.953 bits per heavy atom. The van der Waals surface area contributed by atoms with Gasteiger partial charge in [0.2, 0.25) is 11.6 Å². The van der Waals surface area contributed by atoms with Crippen molar-refractivity contribution >= 4 is 28.6 Å². The van der Waals surface area contributed by atoms with Crippen LogP contribution in [0.5, 0.6) is 0 Å². The molecule has 3 aromatic carbocycles. The van der Waals surface area contributed by atoms with Gasteiger partial charge in [-0.3, -0.25) is 10.1 Å². The molecule has 12 heteroatoms. The maximum Gasteiger partial charge on any atom is 0.416 e. The third-order valence-corrected chi connectivity index (χ3v) is 7.33. The number of H-pyrrole nitrogens is 1. The smallest absolute Gasteiger partial charge is 0.310 e. The molecule has 0 atom stereocenters. The van der Waals surface area contributed by atoms with Crippen molar-refractivity contribution in [2.75, 3.05) is 5.32 Å². The summed E-state index contributed by atoms with van der Waals surface area (Å²) in [7, 11) is 0. The minimum absolute atomic E-state index is 0.0322. The third-order valence-electron chi connectivity index (χ3n) is 7.33. The first kappa shape index (κ1) is 29.7. The summed E-state index contributed by atoms with van der Waals surface area (Å²) in [6, 6.07) is 17.2. The number of imidazole rings is 1. The highest BCUT2D eigenvalue weighted by molar-refractivity contribution is 6.03. The molecular weight excluding hydrogens is 557 g/mol. The van der Waals surface area contributed by atoms with Crippen molar-refractivity contribution in [3.8, 4) is 0 Å². The van der Waals surface area contributed by atoms with E-state index in [4.69, 9.17) is 4.99 Å². The van der Waals surface area contributed by atoms with E-state index in [2.05, 4.69) is 46.7 Å². The van der Waals surface area contributed by atoms with E-state index in [1.54, 1.807) is 24.3 Å². The number of nitrogens with zero attached hydrogens (tertiary/aromatic N) is 6. The maximum absolute atomic E-state index is 14.0. The molecule has 5 aromatic rings. The van der Waals surface area contributed by atoms with Crippen molar-refractivity contribution in [3.63, 3.8) is 0 Å². The zero-order valence-electron chi connectivity index (χ0n) is 24.6. The van der Waals surface area contributed by atoms with Gasteiger partial charge in [0, 0.05) is 12.1 Å². The minimum atomic E-state index is -4.50. The van der Waals surface area contributed by atoms with Gasteiger partial charge in [0.1, 0.15) is 0 Å². The number of carbonyl (C=O) groups is 1. The van der Waals surface area contributed by atoms with Gasteiger partial charge in [-0.25, -0.2) is 10.1 Å². The Kier molecular flexibility index (Phi) is 7.96. The van der Waals surface area contributed by atoms with Gasteiger partial charge in [-0.1, -0.05) is 57.1 Å². The van der Waals surface area contributed by atoms with Crippen molar-refractivity contribution in [2.24, 2.45) is 4.99 Å². The molecule has 0 aliphatic heterocycles. The SMILES string of the molecule is CCc1cc(C(F)(F)F)cc2c1n(CC)/c(=N\c1ccc(C(C)(C)C)cc1)n2Cc1ccc(C(=O)Nc2nnn[nH]2)cc1. The zero-order valence-corrected chi connectivity index (χ0v) is 24.6. The molecule has 43 heavy (non-hydrogen) atoms. The highest BCUT2D eigenvalue weighted by Gasteiger charge is 2.32. The fourth-order valence-electron chi connectivity index (χ4n) is 5.05. The highest BCUT2D eigenvalue weighted by atomic mass is 19.4. The van der Waals surface area contributed by atoms with E-state index in [1.165, 1.54) is 12.1 Å². The van der Waals surface area contributed by atoms with Crippen LogP contribution in [-0.4, -0.2) is 35.7 Å². The Morgan fingerprint density at radius 2 is 1.65 bits per heavy atom. The highest BCUT2D eigenvalue weighted by Crippen LogP contribution is 2.34. The van der Waals surface area contributed by atoms with E-state index in [-0.39, 0.29) is 17.9 Å². The van der Waals surface area contributed by atoms with E-state index in [0.29, 0.717) is 40.9 Å². The van der Waals surface area contributed by atoms with E-state index >= 15 is 0 Å². The van der Waals surface area contributed by atoms with E-state index < -0.39 is 17.6 Å². The molecule has 2 N–H and O–H groups in total. The molecule has 0 unspecified atom stereocenters. The number of anilines is 1. The molecule has 0 saturated carbocycles. The van der Waals surface area contributed by atoms with Gasteiger partial charge in [0.25, 0.3) is 5.91 Å². The number of hydrogen-bond donors (Lipinski definition) is 2. The molecule has 2 aromatic heterocycles. The van der Waals surface area contributed by atoms with Crippen molar-refractivity contribution in [1.29, 1.82) is 0 Å². The molecule has 0 aliphatic rings. The van der Waals surface area contributed by atoms with Gasteiger partial charge in [0.15, 0.2) is 0 Å². The number of alkyl halides is 3. The number of hydrogen-bond acceptors (Lipinski definition) is 5. The van der Waals surface area contributed by atoms with Gasteiger partial charge in [0.05, 0.1) is 28.8 Å². The summed E-state index contributed by atoms with van der Waals surface area (Å²) in [5.41, 5.74) is 4.57. The Bertz CT molecular complexity index is 1810. The number of benzene rings is 3. The topological polar surface area (TPSA) is 106 Å². The second-order valence-corrected chi connectivity index (χ2v) is 11.3. The first-order valence-corrected chi connectivity index (χ1v) is 14.0. The van der Waals surface area contributed by atoms with Crippen molar-refractivity contribution < 1.29 is 18.0 Å². The largest absolute Gasteiger partial charge is 0.416 e. The lowest BCUT2D eigenvalue weighted by Gasteiger charge is -2.18. The van der Waals surface area contributed by atoms with Crippen LogP contribution in [0.2, 0.25) is 0 Å². The Labute approximate surface area is 246 Å². The van der Waals surface area contributed by atoms with Gasteiger partial charge in [-0.05, 0) is 82.3 Å². The lowest BCUT2D eigenvalue weighted by atomic mass is 9.87. The molecule has 2 heterocycles. The van der Waals surface area contributed by atoms with Crippen molar-refractivity contribution in [3.05, 3.63) is 94.1 Å².